The second-order valence-electron chi connectivity index (χ2n) is 6.96. The van der Waals surface area contributed by atoms with Gasteiger partial charge in [-0.15, -0.1) is 10.2 Å². The van der Waals surface area contributed by atoms with E-state index in [0.29, 0.717) is 48.3 Å². The fraction of sp³-hybridized carbons (Fsp3) is 0.250. The van der Waals surface area contributed by atoms with Gasteiger partial charge in [-0.05, 0) is 36.4 Å². The average molecular weight is 462 g/mol. The molecule has 2 heterocycles. The summed E-state index contributed by atoms with van der Waals surface area (Å²) in [6, 6.07) is 13.9. The fourth-order valence-electron chi connectivity index (χ4n) is 3.19. The van der Waals surface area contributed by atoms with Crippen molar-refractivity contribution < 1.29 is 17.6 Å². The van der Waals surface area contributed by atoms with Crippen molar-refractivity contribution in [3.63, 3.8) is 0 Å². The number of halogens is 1. The molecule has 1 N–H and O–H groups in total. The first-order valence-corrected chi connectivity index (χ1v) is 11.8. The Morgan fingerprint density at radius 3 is 2.35 bits per heavy atom. The largest absolute Gasteiger partial charge is 0.320 e. The molecule has 1 aromatic heterocycles. The minimum Gasteiger partial charge on any atom is -0.320 e. The molecule has 1 fully saturated rings. The van der Waals surface area contributed by atoms with Crippen LogP contribution < -0.4 is 5.32 Å². The van der Waals surface area contributed by atoms with Gasteiger partial charge in [-0.25, -0.2) is 12.8 Å². The van der Waals surface area contributed by atoms with E-state index in [9.17, 15) is 17.6 Å². The van der Waals surface area contributed by atoms with Gasteiger partial charge in [0.15, 0.2) is 0 Å². The first-order valence-electron chi connectivity index (χ1n) is 9.59. The van der Waals surface area contributed by atoms with Crippen LogP contribution in [0.5, 0.6) is 0 Å². The number of carbonyl (C=O) groups excluding carboxylic acids is 1. The number of nitrogens with one attached hydrogen (secondary N) is 1. The Hall–Kier alpha value is -2.73. The molecule has 1 aliphatic rings. The molecule has 11 heteroatoms. The molecule has 0 atom stereocenters. The Kier molecular flexibility index (Phi) is 6.37. The smallest absolute Gasteiger partial charge is 0.286 e. The highest BCUT2D eigenvalue weighted by atomic mass is 32.2. The minimum atomic E-state index is -3.49. The normalized spacial score (nSPS) is 15.6. The predicted molar refractivity (Wildman–Crippen MR) is 115 cm³/mol. The van der Waals surface area contributed by atoms with E-state index in [1.807, 2.05) is 0 Å². The minimum absolute atomic E-state index is 0.213. The zero-order chi connectivity index (χ0) is 21.8. The monoisotopic (exact) mass is 461 g/mol. The summed E-state index contributed by atoms with van der Waals surface area (Å²) in [6.45, 7) is 2.37. The van der Waals surface area contributed by atoms with E-state index in [1.165, 1.54) is 39.9 Å². The molecule has 0 aliphatic carbocycles. The van der Waals surface area contributed by atoms with Gasteiger partial charge in [0, 0.05) is 31.9 Å². The number of amides is 1. The molecule has 1 amide bonds. The zero-order valence-electron chi connectivity index (χ0n) is 16.4. The van der Waals surface area contributed by atoms with Gasteiger partial charge in [0.25, 0.3) is 5.91 Å². The summed E-state index contributed by atoms with van der Waals surface area (Å²) in [4.78, 5) is 14.7. The van der Waals surface area contributed by atoms with Crippen molar-refractivity contribution in [1.82, 2.24) is 19.4 Å². The van der Waals surface area contributed by atoms with E-state index in [1.54, 1.807) is 30.3 Å². The van der Waals surface area contributed by atoms with Crippen molar-refractivity contribution in [2.45, 2.75) is 11.4 Å². The average Bonchev–Trinajstić information content (AvgIpc) is 3.25. The van der Waals surface area contributed by atoms with E-state index < -0.39 is 15.9 Å². The molecule has 0 saturated carbocycles. The molecule has 1 aliphatic heterocycles. The van der Waals surface area contributed by atoms with E-state index >= 15 is 0 Å². The van der Waals surface area contributed by atoms with Crippen LogP contribution in [0.3, 0.4) is 0 Å². The molecule has 0 unspecified atom stereocenters. The van der Waals surface area contributed by atoms with Crippen molar-refractivity contribution in [2.24, 2.45) is 0 Å². The molecular weight excluding hydrogens is 441 g/mol. The lowest BCUT2D eigenvalue weighted by atomic mass is 10.3. The summed E-state index contributed by atoms with van der Waals surface area (Å²) in [5.41, 5.74) is 0.471. The number of rotatable bonds is 6. The highest BCUT2D eigenvalue weighted by Gasteiger charge is 2.28. The standard InChI is InChI=1S/C20H20FN5O3S2/c21-15-6-8-16(9-7-15)22-19(27)20-24-23-18(30-20)14-25-10-12-26(13-11-25)31(28,29)17-4-2-1-3-5-17/h1-9H,10-14H2,(H,22,27). The van der Waals surface area contributed by atoms with Crippen LogP contribution in [-0.2, 0) is 16.6 Å². The van der Waals surface area contributed by atoms with Crippen LogP contribution in [0.1, 0.15) is 14.8 Å². The molecule has 0 spiro atoms. The van der Waals surface area contributed by atoms with Gasteiger partial charge in [0.1, 0.15) is 10.8 Å². The Labute approximate surface area is 183 Å². The highest BCUT2D eigenvalue weighted by molar-refractivity contribution is 7.89. The van der Waals surface area contributed by atoms with Crippen LogP contribution in [-0.4, -0.2) is 59.9 Å². The molecule has 0 bridgehead atoms. The van der Waals surface area contributed by atoms with Crippen molar-refractivity contribution in [3.05, 3.63) is 70.4 Å². The summed E-state index contributed by atoms with van der Waals surface area (Å²) in [6.07, 6.45) is 0. The molecule has 8 nitrogen and oxygen atoms in total. The number of nitrogens with zero attached hydrogens (tertiary/aromatic N) is 4. The number of sulfonamides is 1. The first-order chi connectivity index (χ1) is 14.9. The summed E-state index contributed by atoms with van der Waals surface area (Å²) < 4.78 is 39.9. The molecule has 162 valence electrons. The van der Waals surface area contributed by atoms with Crippen LogP contribution >= 0.6 is 11.3 Å². The Bertz CT molecular complexity index is 1150. The van der Waals surface area contributed by atoms with Crippen molar-refractivity contribution >= 4 is 33.0 Å². The number of aromatic nitrogens is 2. The third-order valence-corrected chi connectivity index (χ3v) is 7.65. The number of hydrogen-bond acceptors (Lipinski definition) is 7. The maximum Gasteiger partial charge on any atom is 0.286 e. The van der Waals surface area contributed by atoms with E-state index in [-0.39, 0.29) is 10.8 Å². The SMILES string of the molecule is O=C(Nc1ccc(F)cc1)c1nnc(CN2CCN(S(=O)(=O)c3ccccc3)CC2)s1. The highest BCUT2D eigenvalue weighted by Crippen LogP contribution is 2.20. The van der Waals surface area contributed by atoms with E-state index in [4.69, 9.17) is 0 Å². The summed E-state index contributed by atoms with van der Waals surface area (Å²) in [7, 11) is -3.49. The van der Waals surface area contributed by atoms with Gasteiger partial charge in [-0.3, -0.25) is 9.69 Å². The van der Waals surface area contributed by atoms with Gasteiger partial charge < -0.3 is 5.32 Å². The lowest BCUT2D eigenvalue weighted by Gasteiger charge is -2.33. The van der Waals surface area contributed by atoms with Crippen LogP contribution in [0.2, 0.25) is 0 Å². The number of piperazine rings is 1. The lowest BCUT2D eigenvalue weighted by molar-refractivity contribution is 0.102. The molecule has 0 radical (unpaired) electrons. The zero-order valence-corrected chi connectivity index (χ0v) is 18.1. The van der Waals surface area contributed by atoms with E-state index in [2.05, 4.69) is 20.4 Å². The Morgan fingerprint density at radius 2 is 1.68 bits per heavy atom. The van der Waals surface area contributed by atoms with Gasteiger partial charge in [-0.1, -0.05) is 29.5 Å². The predicted octanol–water partition coefficient (Wildman–Crippen LogP) is 2.44. The van der Waals surface area contributed by atoms with Crippen LogP contribution in [0, 0.1) is 5.82 Å². The second kappa shape index (κ2) is 9.18. The summed E-state index contributed by atoms with van der Waals surface area (Å²) in [5, 5.41) is 11.6. The maximum absolute atomic E-state index is 13.0. The van der Waals surface area contributed by atoms with Crippen LogP contribution in [0.15, 0.2) is 59.5 Å². The number of hydrogen-bond donors (Lipinski definition) is 1. The summed E-state index contributed by atoms with van der Waals surface area (Å²) in [5.74, 6) is -0.790. The molecular formula is C20H20FN5O3S2. The van der Waals surface area contributed by atoms with Crippen molar-refractivity contribution in [2.75, 3.05) is 31.5 Å². The van der Waals surface area contributed by atoms with Crippen LogP contribution in [0.4, 0.5) is 10.1 Å². The fourth-order valence-corrected chi connectivity index (χ4v) is 5.41. The van der Waals surface area contributed by atoms with E-state index in [0.717, 1.165) is 0 Å². The Morgan fingerprint density at radius 1 is 1.00 bits per heavy atom. The van der Waals surface area contributed by atoms with Crippen molar-refractivity contribution in [1.29, 1.82) is 0 Å². The maximum atomic E-state index is 13.0. The van der Waals surface area contributed by atoms with Gasteiger partial charge in [0.2, 0.25) is 15.0 Å². The number of anilines is 1. The third-order valence-electron chi connectivity index (χ3n) is 4.83. The van der Waals surface area contributed by atoms with Crippen molar-refractivity contribution in [3.8, 4) is 0 Å². The molecule has 31 heavy (non-hydrogen) atoms. The van der Waals surface area contributed by atoms with Gasteiger partial charge in [0.05, 0.1) is 11.4 Å². The first kappa shape index (κ1) is 21.5. The molecule has 4 rings (SSSR count). The Balaban J connectivity index is 1.32. The third kappa shape index (κ3) is 5.13. The van der Waals surface area contributed by atoms with Crippen LogP contribution in [0.25, 0.3) is 0 Å². The number of benzene rings is 2. The number of carbonyl (C=O) groups is 1. The quantitative estimate of drug-likeness (QED) is 0.606. The van der Waals surface area contributed by atoms with Gasteiger partial charge in [-0.2, -0.15) is 4.31 Å². The molecule has 1 saturated heterocycles. The topological polar surface area (TPSA) is 95.5 Å². The van der Waals surface area contributed by atoms with Gasteiger partial charge >= 0.3 is 0 Å². The summed E-state index contributed by atoms with van der Waals surface area (Å²) >= 11 is 1.18. The molecule has 2 aromatic carbocycles. The molecule has 3 aromatic rings. The lowest BCUT2D eigenvalue weighted by Crippen LogP contribution is -2.48. The second-order valence-corrected chi connectivity index (χ2v) is 9.96.